The molecule has 39 heavy (non-hydrogen) atoms. The molecular weight excluding hydrogens is 516 g/mol. The number of hydrogen-bond donors (Lipinski definition) is 0. The number of imide groups is 1. The maximum absolute atomic E-state index is 12.6. The lowest BCUT2D eigenvalue weighted by Gasteiger charge is -2.19. The van der Waals surface area contributed by atoms with E-state index < -0.39 is 6.09 Å². The molecule has 0 radical (unpaired) electrons. The number of unbranched alkanes of at least 4 members (excludes halogenated alkanes) is 11. The Balaban J connectivity index is 0.00000760. The van der Waals surface area contributed by atoms with E-state index in [2.05, 4.69) is 6.92 Å². The van der Waals surface area contributed by atoms with E-state index in [0.717, 1.165) is 36.6 Å². The highest BCUT2D eigenvalue weighted by Crippen LogP contribution is 2.21. The van der Waals surface area contributed by atoms with Crippen molar-refractivity contribution in [1.82, 2.24) is 4.90 Å². The molecule has 224 valence electrons. The Morgan fingerprint density at radius 2 is 1.59 bits per heavy atom. The van der Waals surface area contributed by atoms with Gasteiger partial charge in [0, 0.05) is 31.6 Å². The fourth-order valence-electron chi connectivity index (χ4n) is 4.98. The van der Waals surface area contributed by atoms with E-state index in [4.69, 9.17) is 14.2 Å². The Kier molecular flexibility index (Phi) is 20.0. The van der Waals surface area contributed by atoms with Crippen LogP contribution in [0.2, 0.25) is 0 Å². The molecule has 0 N–H and O–H groups in total. The quantitative estimate of drug-likeness (QED) is 0.178. The number of rotatable bonds is 20. The number of halogens is 1. The SMILES string of the molecule is CCCCCCCCCCCCCCOC[C@@H]1CO[C@@H](COC(=O)N(Cc2cccc[n+]2CC)C(C)=O)C1.[Cl-]. The summed E-state index contributed by atoms with van der Waals surface area (Å²) in [5, 5.41) is 0. The number of amides is 2. The minimum atomic E-state index is -0.626. The summed E-state index contributed by atoms with van der Waals surface area (Å²) < 4.78 is 19.2. The topological polar surface area (TPSA) is 69.0 Å². The lowest BCUT2D eigenvalue weighted by molar-refractivity contribution is -0.701. The third kappa shape index (κ3) is 15.0. The van der Waals surface area contributed by atoms with Crippen molar-refractivity contribution in [3.05, 3.63) is 30.1 Å². The van der Waals surface area contributed by atoms with Crippen molar-refractivity contribution < 1.29 is 40.8 Å². The van der Waals surface area contributed by atoms with Crippen LogP contribution in [0.15, 0.2) is 24.4 Å². The van der Waals surface area contributed by atoms with Gasteiger partial charge in [-0.05, 0) is 19.8 Å². The summed E-state index contributed by atoms with van der Waals surface area (Å²) in [6, 6.07) is 5.74. The Morgan fingerprint density at radius 1 is 0.949 bits per heavy atom. The molecule has 1 aliphatic heterocycles. The average molecular weight is 569 g/mol. The monoisotopic (exact) mass is 568 g/mol. The number of pyridine rings is 1. The molecule has 8 heteroatoms. The van der Waals surface area contributed by atoms with E-state index in [9.17, 15) is 9.59 Å². The molecule has 0 bridgehead atoms. The molecule has 2 amide bonds. The summed E-state index contributed by atoms with van der Waals surface area (Å²) in [5.74, 6) is -0.00861. The Hall–Kier alpha value is -1.70. The minimum Gasteiger partial charge on any atom is -1.00 e. The number of carbonyl (C=O) groups is 2. The van der Waals surface area contributed by atoms with Crippen LogP contribution in [-0.4, -0.2) is 49.4 Å². The van der Waals surface area contributed by atoms with E-state index >= 15 is 0 Å². The van der Waals surface area contributed by atoms with Gasteiger partial charge in [0.1, 0.15) is 19.7 Å². The number of aryl methyl sites for hydroxylation is 1. The minimum absolute atomic E-state index is 0. The molecule has 0 unspecified atom stereocenters. The van der Waals surface area contributed by atoms with E-state index in [1.165, 1.54) is 77.6 Å². The average Bonchev–Trinajstić information content (AvgIpc) is 3.38. The van der Waals surface area contributed by atoms with Crippen LogP contribution >= 0.6 is 0 Å². The number of ether oxygens (including phenoxy) is 3. The third-order valence-corrected chi connectivity index (χ3v) is 7.35. The smallest absolute Gasteiger partial charge is 0.417 e. The summed E-state index contributed by atoms with van der Waals surface area (Å²) in [7, 11) is 0. The molecule has 1 aromatic rings. The number of hydrogen-bond acceptors (Lipinski definition) is 5. The van der Waals surface area contributed by atoms with E-state index in [-0.39, 0.29) is 37.6 Å². The van der Waals surface area contributed by atoms with Crippen LogP contribution in [-0.2, 0) is 32.1 Å². The molecule has 0 aromatic carbocycles. The van der Waals surface area contributed by atoms with Crippen LogP contribution in [0.3, 0.4) is 0 Å². The fraction of sp³-hybridized carbons (Fsp3) is 0.774. The highest BCUT2D eigenvalue weighted by molar-refractivity contribution is 5.90. The highest BCUT2D eigenvalue weighted by Gasteiger charge is 2.29. The first-order valence-corrected chi connectivity index (χ1v) is 15.2. The first kappa shape index (κ1) is 35.3. The molecule has 0 saturated carbocycles. The first-order chi connectivity index (χ1) is 18.5. The molecule has 1 saturated heterocycles. The molecule has 0 aliphatic carbocycles. The van der Waals surface area contributed by atoms with Gasteiger partial charge in [-0.1, -0.05) is 83.6 Å². The summed E-state index contributed by atoms with van der Waals surface area (Å²) in [6.07, 6.45) is 18.1. The first-order valence-electron chi connectivity index (χ1n) is 15.2. The predicted octanol–water partition coefficient (Wildman–Crippen LogP) is 3.61. The molecule has 2 rings (SSSR count). The molecule has 0 spiro atoms. The number of nitrogens with zero attached hydrogens (tertiary/aromatic N) is 2. The summed E-state index contributed by atoms with van der Waals surface area (Å²) in [5.41, 5.74) is 0.879. The second-order valence-electron chi connectivity index (χ2n) is 10.7. The van der Waals surface area contributed by atoms with Crippen LogP contribution in [0.5, 0.6) is 0 Å². The molecule has 1 aliphatic rings. The number of carbonyl (C=O) groups excluding carboxylic acids is 2. The van der Waals surface area contributed by atoms with Gasteiger partial charge >= 0.3 is 6.09 Å². The Bertz CT molecular complexity index is 794. The molecule has 2 heterocycles. The summed E-state index contributed by atoms with van der Waals surface area (Å²) in [6.45, 7) is 8.89. The maximum Gasteiger partial charge on any atom is 0.417 e. The van der Waals surface area contributed by atoms with Crippen molar-refractivity contribution in [3.8, 4) is 0 Å². The molecule has 1 aromatic heterocycles. The second-order valence-corrected chi connectivity index (χ2v) is 10.7. The zero-order valence-corrected chi connectivity index (χ0v) is 25.5. The zero-order valence-electron chi connectivity index (χ0n) is 24.7. The van der Waals surface area contributed by atoms with E-state index in [1.54, 1.807) is 0 Å². The Morgan fingerprint density at radius 3 is 2.21 bits per heavy atom. The van der Waals surface area contributed by atoms with Crippen molar-refractivity contribution in [3.63, 3.8) is 0 Å². The van der Waals surface area contributed by atoms with Gasteiger partial charge in [0.05, 0.1) is 19.3 Å². The lowest BCUT2D eigenvalue weighted by atomic mass is 10.1. The summed E-state index contributed by atoms with van der Waals surface area (Å²) in [4.78, 5) is 25.9. The second kappa shape index (κ2) is 22.0. The van der Waals surface area contributed by atoms with Crippen LogP contribution in [0.4, 0.5) is 4.79 Å². The van der Waals surface area contributed by atoms with Gasteiger partial charge in [-0.25, -0.2) is 14.3 Å². The van der Waals surface area contributed by atoms with Crippen molar-refractivity contribution in [1.29, 1.82) is 0 Å². The zero-order chi connectivity index (χ0) is 27.4. The van der Waals surface area contributed by atoms with Crippen LogP contribution in [0, 0.1) is 5.92 Å². The van der Waals surface area contributed by atoms with E-state index in [1.807, 2.05) is 35.9 Å². The van der Waals surface area contributed by atoms with Gasteiger partial charge in [0.2, 0.25) is 11.6 Å². The largest absolute Gasteiger partial charge is 1.00 e. The highest BCUT2D eigenvalue weighted by atomic mass is 35.5. The van der Waals surface area contributed by atoms with Gasteiger partial charge in [0.25, 0.3) is 0 Å². The fourth-order valence-corrected chi connectivity index (χ4v) is 4.98. The lowest BCUT2D eigenvalue weighted by Crippen LogP contribution is -3.00. The molecule has 7 nitrogen and oxygen atoms in total. The normalized spacial score (nSPS) is 16.6. The van der Waals surface area contributed by atoms with Crippen molar-refractivity contribution in [2.45, 2.75) is 123 Å². The van der Waals surface area contributed by atoms with Gasteiger partial charge in [-0.2, -0.15) is 0 Å². The van der Waals surface area contributed by atoms with Gasteiger partial charge in [0.15, 0.2) is 6.20 Å². The molecule has 1 fully saturated rings. The maximum atomic E-state index is 12.6. The van der Waals surface area contributed by atoms with Crippen molar-refractivity contribution in [2.75, 3.05) is 26.4 Å². The summed E-state index contributed by atoms with van der Waals surface area (Å²) >= 11 is 0. The van der Waals surface area contributed by atoms with Crippen LogP contribution in [0.1, 0.15) is 110 Å². The number of aromatic nitrogens is 1. The molecule has 2 atom stereocenters. The Labute approximate surface area is 243 Å². The van der Waals surface area contributed by atoms with Crippen LogP contribution in [0.25, 0.3) is 0 Å². The van der Waals surface area contributed by atoms with Gasteiger partial charge in [-0.3, -0.25) is 4.79 Å². The van der Waals surface area contributed by atoms with Gasteiger partial charge < -0.3 is 26.6 Å². The third-order valence-electron chi connectivity index (χ3n) is 7.35. The van der Waals surface area contributed by atoms with Gasteiger partial charge in [-0.15, -0.1) is 0 Å². The van der Waals surface area contributed by atoms with Crippen LogP contribution < -0.4 is 17.0 Å². The standard InChI is InChI=1S/C31H53N2O5.ClH/c1-4-6-7-8-9-10-11-12-13-14-15-18-21-36-24-28-22-30(37-25-28)26-38-31(35)33(27(3)34)23-29-19-16-17-20-32(29)5-2;/h16-17,19-20,28,30H,4-15,18,21-26H2,1-3H3;1H/q+1;/p-1/t28-,30-;/m1./s1. The van der Waals surface area contributed by atoms with Crippen molar-refractivity contribution >= 4 is 12.0 Å². The predicted molar refractivity (Wildman–Crippen MR) is 150 cm³/mol. The van der Waals surface area contributed by atoms with Crippen molar-refractivity contribution in [2.24, 2.45) is 5.92 Å². The molecular formula is C31H53ClN2O5. The van der Waals surface area contributed by atoms with E-state index in [0.29, 0.717) is 19.1 Å².